The van der Waals surface area contributed by atoms with Gasteiger partial charge in [-0.15, -0.1) is 11.3 Å². The average Bonchev–Trinajstić information content (AvgIpc) is 3.35. The van der Waals surface area contributed by atoms with E-state index in [1.807, 2.05) is 18.3 Å². The molecule has 0 unspecified atom stereocenters. The quantitative estimate of drug-likeness (QED) is 0.817. The first-order valence-electron chi connectivity index (χ1n) is 8.72. The van der Waals surface area contributed by atoms with Crippen LogP contribution in [0.5, 0.6) is 0 Å². The number of hydrogen-bond donors (Lipinski definition) is 1. The second-order valence-electron chi connectivity index (χ2n) is 6.69. The maximum Gasteiger partial charge on any atom is 0.490 e. The first-order valence-corrected chi connectivity index (χ1v) is 9.60. The summed E-state index contributed by atoms with van der Waals surface area (Å²) in [7, 11) is 0. The van der Waals surface area contributed by atoms with E-state index >= 15 is 0 Å². The van der Waals surface area contributed by atoms with Gasteiger partial charge in [0.2, 0.25) is 5.89 Å². The summed E-state index contributed by atoms with van der Waals surface area (Å²) in [6.45, 7) is 4.70. The van der Waals surface area contributed by atoms with Gasteiger partial charge in [-0.1, -0.05) is 11.2 Å². The molecule has 2 aliphatic heterocycles. The van der Waals surface area contributed by atoms with E-state index in [0.717, 1.165) is 38.4 Å². The van der Waals surface area contributed by atoms with Crippen LogP contribution in [0, 0.1) is 6.92 Å². The maximum atomic E-state index is 10.6. The molecule has 0 spiro atoms. The standard InChI is InChI=1S/C15H19N3O2S.C2HF3O2/c1-10-16-15(20-17-10)11-7-14-13(4-5-19-14)18(8-11)9-12-3-2-6-21-12;3-2(4,5)1(6)7/h2-3,6,11,13-14H,4-5,7-9H2,1H3;(H,6,7)/t11-,13-,14-;/m1./s1. The molecule has 4 heterocycles. The first-order chi connectivity index (χ1) is 13.2. The van der Waals surface area contributed by atoms with Crippen molar-refractivity contribution < 1.29 is 32.3 Å². The van der Waals surface area contributed by atoms with Crippen molar-refractivity contribution in [1.29, 1.82) is 0 Å². The van der Waals surface area contributed by atoms with Gasteiger partial charge in [-0.25, -0.2) is 4.79 Å². The molecule has 2 saturated heterocycles. The van der Waals surface area contributed by atoms with Crippen molar-refractivity contribution in [3.8, 4) is 0 Å². The maximum absolute atomic E-state index is 10.6. The number of rotatable bonds is 3. The lowest BCUT2D eigenvalue weighted by molar-refractivity contribution is -0.192. The number of aromatic nitrogens is 2. The zero-order valence-electron chi connectivity index (χ0n) is 15.1. The molecule has 0 bridgehead atoms. The average molecular weight is 419 g/mol. The Morgan fingerprint density at radius 3 is 2.79 bits per heavy atom. The second-order valence-corrected chi connectivity index (χ2v) is 7.72. The lowest BCUT2D eigenvalue weighted by atomic mass is 9.90. The third kappa shape index (κ3) is 5.09. The molecule has 0 saturated carbocycles. The molecule has 154 valence electrons. The fourth-order valence-electron chi connectivity index (χ4n) is 3.50. The van der Waals surface area contributed by atoms with Gasteiger partial charge in [0.1, 0.15) is 0 Å². The van der Waals surface area contributed by atoms with E-state index in [0.29, 0.717) is 18.0 Å². The third-order valence-corrected chi connectivity index (χ3v) is 5.55. The third-order valence-electron chi connectivity index (χ3n) is 4.69. The monoisotopic (exact) mass is 419 g/mol. The number of aryl methyl sites for hydroxylation is 1. The number of piperidine rings is 1. The van der Waals surface area contributed by atoms with Crippen LogP contribution >= 0.6 is 11.3 Å². The lowest BCUT2D eigenvalue weighted by Crippen LogP contribution is -2.48. The molecule has 0 aromatic carbocycles. The number of alkyl halides is 3. The number of thiophene rings is 1. The molecule has 0 aliphatic carbocycles. The summed E-state index contributed by atoms with van der Waals surface area (Å²) in [5, 5.41) is 13.2. The fourth-order valence-corrected chi connectivity index (χ4v) is 4.23. The van der Waals surface area contributed by atoms with Crippen LogP contribution in [0.15, 0.2) is 22.0 Å². The minimum atomic E-state index is -5.08. The largest absolute Gasteiger partial charge is 0.490 e. The molecule has 28 heavy (non-hydrogen) atoms. The van der Waals surface area contributed by atoms with E-state index in [4.69, 9.17) is 19.2 Å². The molecule has 3 atom stereocenters. The van der Waals surface area contributed by atoms with Crippen LogP contribution in [-0.4, -0.2) is 57.6 Å². The number of ether oxygens (including phenoxy) is 1. The number of likely N-dealkylation sites (tertiary alicyclic amines) is 1. The van der Waals surface area contributed by atoms with Crippen LogP contribution in [0.25, 0.3) is 0 Å². The summed E-state index contributed by atoms with van der Waals surface area (Å²) in [5.74, 6) is -1.00. The summed E-state index contributed by atoms with van der Waals surface area (Å²) < 4.78 is 43.1. The van der Waals surface area contributed by atoms with Crippen molar-refractivity contribution in [3.05, 3.63) is 34.1 Å². The Labute approximate surface area is 163 Å². The molecule has 2 aliphatic rings. The number of carboxylic acid groups (broad SMARTS) is 1. The molecule has 2 aromatic rings. The minimum absolute atomic E-state index is 0.283. The SMILES string of the molecule is Cc1noc([C@@H]2C[C@H]3OCC[C@H]3N(Cc3cccs3)C2)n1.O=C(O)C(F)(F)F. The summed E-state index contributed by atoms with van der Waals surface area (Å²) in [6.07, 6.45) is -2.66. The number of carbonyl (C=O) groups is 1. The molecule has 2 fully saturated rings. The normalized spacial score (nSPS) is 25.1. The van der Waals surface area contributed by atoms with E-state index in [1.54, 1.807) is 0 Å². The number of halogens is 3. The molecule has 1 N–H and O–H groups in total. The van der Waals surface area contributed by atoms with Gasteiger partial charge in [-0.2, -0.15) is 18.2 Å². The van der Waals surface area contributed by atoms with E-state index in [1.165, 1.54) is 4.88 Å². The van der Waals surface area contributed by atoms with Gasteiger partial charge in [0, 0.05) is 30.6 Å². The minimum Gasteiger partial charge on any atom is -0.475 e. The molecule has 4 rings (SSSR count). The first kappa shape index (κ1) is 20.7. The highest BCUT2D eigenvalue weighted by Crippen LogP contribution is 2.36. The van der Waals surface area contributed by atoms with Gasteiger partial charge >= 0.3 is 12.1 Å². The summed E-state index contributed by atoms with van der Waals surface area (Å²) >= 11 is 1.82. The second kappa shape index (κ2) is 8.58. The van der Waals surface area contributed by atoms with Crippen LogP contribution in [0.3, 0.4) is 0 Å². The Morgan fingerprint density at radius 2 is 2.21 bits per heavy atom. The van der Waals surface area contributed by atoms with E-state index in [-0.39, 0.29) is 5.92 Å². The highest BCUT2D eigenvalue weighted by molar-refractivity contribution is 7.09. The topological polar surface area (TPSA) is 88.7 Å². The van der Waals surface area contributed by atoms with Gasteiger partial charge in [0.15, 0.2) is 5.82 Å². The molecule has 0 radical (unpaired) electrons. The molecule has 0 amide bonds. The van der Waals surface area contributed by atoms with Crippen LogP contribution < -0.4 is 0 Å². The van der Waals surface area contributed by atoms with Gasteiger partial charge < -0.3 is 14.4 Å². The van der Waals surface area contributed by atoms with Gasteiger partial charge in [0.05, 0.1) is 12.0 Å². The Kier molecular flexibility index (Phi) is 6.36. The van der Waals surface area contributed by atoms with E-state index in [2.05, 4.69) is 32.6 Å². The smallest absolute Gasteiger partial charge is 0.475 e. The van der Waals surface area contributed by atoms with Crippen LogP contribution in [-0.2, 0) is 16.1 Å². The predicted octanol–water partition coefficient (Wildman–Crippen LogP) is 3.22. The van der Waals surface area contributed by atoms with Crippen molar-refractivity contribution in [2.45, 2.75) is 50.6 Å². The molecule has 11 heteroatoms. The van der Waals surface area contributed by atoms with Gasteiger partial charge in [-0.3, -0.25) is 4.90 Å². The number of hydrogen-bond acceptors (Lipinski definition) is 7. The molecule has 2 aromatic heterocycles. The van der Waals surface area contributed by atoms with Crippen LogP contribution in [0.2, 0.25) is 0 Å². The highest BCUT2D eigenvalue weighted by Gasteiger charge is 2.42. The number of carboxylic acids is 1. The number of nitrogens with zero attached hydrogens (tertiary/aromatic N) is 3. The van der Waals surface area contributed by atoms with Crippen LogP contribution in [0.4, 0.5) is 13.2 Å². The zero-order valence-corrected chi connectivity index (χ0v) is 15.9. The lowest BCUT2D eigenvalue weighted by Gasteiger charge is -2.39. The van der Waals surface area contributed by atoms with E-state index in [9.17, 15) is 13.2 Å². The Morgan fingerprint density at radius 1 is 1.46 bits per heavy atom. The Balaban J connectivity index is 0.000000279. The fraction of sp³-hybridized carbons (Fsp3) is 0.588. The van der Waals surface area contributed by atoms with E-state index < -0.39 is 12.1 Å². The van der Waals surface area contributed by atoms with Gasteiger partial charge in [0.25, 0.3) is 0 Å². The Hall–Kier alpha value is -1.98. The molecule has 7 nitrogen and oxygen atoms in total. The van der Waals surface area contributed by atoms with Gasteiger partial charge in [-0.05, 0) is 31.2 Å². The Bertz CT molecular complexity index is 781. The summed E-state index contributed by atoms with van der Waals surface area (Å²) in [4.78, 5) is 17.3. The number of fused-ring (bicyclic) bond motifs is 1. The van der Waals surface area contributed by atoms with Crippen molar-refractivity contribution in [2.24, 2.45) is 0 Å². The molecular weight excluding hydrogens is 399 g/mol. The number of aliphatic carboxylic acids is 1. The highest BCUT2D eigenvalue weighted by atomic mass is 32.1. The summed E-state index contributed by atoms with van der Waals surface area (Å²) in [5.41, 5.74) is 0. The van der Waals surface area contributed by atoms with Crippen molar-refractivity contribution in [3.63, 3.8) is 0 Å². The zero-order chi connectivity index (χ0) is 20.3. The summed E-state index contributed by atoms with van der Waals surface area (Å²) in [6, 6.07) is 4.86. The van der Waals surface area contributed by atoms with Crippen molar-refractivity contribution in [1.82, 2.24) is 15.0 Å². The van der Waals surface area contributed by atoms with Crippen molar-refractivity contribution >= 4 is 17.3 Å². The predicted molar refractivity (Wildman–Crippen MR) is 93.0 cm³/mol. The van der Waals surface area contributed by atoms with Crippen LogP contribution in [0.1, 0.15) is 35.4 Å². The molecular formula is C17H20F3N3O4S. The van der Waals surface area contributed by atoms with Crippen molar-refractivity contribution in [2.75, 3.05) is 13.2 Å².